The smallest absolute Gasteiger partial charge is 0.0411 e. The number of anilines is 2. The minimum absolute atomic E-state index is 0.654. The Labute approximate surface area is 102 Å². The van der Waals surface area contributed by atoms with Crippen molar-refractivity contribution in [1.29, 1.82) is 0 Å². The first kappa shape index (κ1) is 11.6. The first-order valence-corrected chi connectivity index (χ1v) is 6.95. The van der Waals surface area contributed by atoms with Crippen LogP contribution >= 0.6 is 11.8 Å². The van der Waals surface area contributed by atoms with E-state index in [1.807, 2.05) is 11.8 Å². The molecule has 0 aliphatic carbocycles. The number of rotatable bonds is 3. The van der Waals surface area contributed by atoms with Crippen LogP contribution in [0.5, 0.6) is 0 Å². The fourth-order valence-corrected chi connectivity index (χ4v) is 3.28. The van der Waals surface area contributed by atoms with Crippen LogP contribution in [0.15, 0.2) is 18.2 Å². The summed E-state index contributed by atoms with van der Waals surface area (Å²) in [4.78, 5) is 2.17. The Hall–Kier alpha value is -0.830. The lowest BCUT2D eigenvalue weighted by Gasteiger charge is -2.21. The van der Waals surface area contributed by atoms with Crippen molar-refractivity contribution < 1.29 is 0 Å². The summed E-state index contributed by atoms with van der Waals surface area (Å²) in [6, 6.07) is 7.14. The second kappa shape index (κ2) is 5.00. The normalized spacial score (nSPS) is 19.8. The van der Waals surface area contributed by atoms with Crippen molar-refractivity contribution in [1.82, 2.24) is 0 Å². The van der Waals surface area contributed by atoms with Crippen LogP contribution in [0.1, 0.15) is 12.0 Å². The van der Waals surface area contributed by atoms with Crippen molar-refractivity contribution in [3.63, 3.8) is 0 Å². The van der Waals surface area contributed by atoms with Crippen LogP contribution in [0.2, 0.25) is 0 Å². The average Bonchev–Trinajstić information content (AvgIpc) is 2.73. The lowest BCUT2D eigenvalue weighted by molar-refractivity contribution is 0.811. The summed E-state index contributed by atoms with van der Waals surface area (Å²) in [6.45, 7) is 2.19. The minimum Gasteiger partial charge on any atom is -0.381 e. The fraction of sp³-hybridized carbons (Fsp3) is 0.538. The molecule has 2 nitrogen and oxygen atoms in total. The zero-order valence-corrected chi connectivity index (χ0v) is 11.1. The third-order valence-corrected chi connectivity index (χ3v) is 4.24. The van der Waals surface area contributed by atoms with Gasteiger partial charge in [-0.3, -0.25) is 0 Å². The molecule has 1 aliphatic heterocycles. The minimum atomic E-state index is 0.654. The first-order chi connectivity index (χ1) is 7.68. The molecule has 3 heteroatoms. The third-order valence-electron chi connectivity index (χ3n) is 3.08. The van der Waals surface area contributed by atoms with E-state index in [2.05, 4.69) is 49.4 Å². The summed E-state index contributed by atoms with van der Waals surface area (Å²) in [5, 5.41) is 3.66. The van der Waals surface area contributed by atoms with E-state index < -0.39 is 0 Å². The van der Waals surface area contributed by atoms with Crippen LogP contribution in [-0.2, 0) is 0 Å². The van der Waals surface area contributed by atoms with Gasteiger partial charge in [-0.2, -0.15) is 11.8 Å². The number of hydrogen-bond acceptors (Lipinski definition) is 3. The summed E-state index contributed by atoms with van der Waals surface area (Å²) in [7, 11) is 4.19. The van der Waals surface area contributed by atoms with E-state index in [1.165, 1.54) is 34.9 Å². The number of nitrogens with zero attached hydrogens (tertiary/aromatic N) is 1. The second-order valence-electron chi connectivity index (χ2n) is 4.55. The lowest BCUT2D eigenvalue weighted by atomic mass is 10.1. The SMILES string of the molecule is Cc1c(N[C@@H]2CCSC2)cccc1N(C)C. The third kappa shape index (κ3) is 2.46. The Bertz CT molecular complexity index is 357. The Kier molecular flexibility index (Phi) is 3.64. The van der Waals surface area contributed by atoms with Crippen LogP contribution < -0.4 is 10.2 Å². The average molecular weight is 236 g/mol. The summed E-state index contributed by atoms with van der Waals surface area (Å²) >= 11 is 2.04. The second-order valence-corrected chi connectivity index (χ2v) is 5.70. The summed E-state index contributed by atoms with van der Waals surface area (Å²) in [6.07, 6.45) is 1.29. The maximum absolute atomic E-state index is 3.66. The van der Waals surface area contributed by atoms with Crippen LogP contribution in [0.25, 0.3) is 0 Å². The molecular weight excluding hydrogens is 216 g/mol. The molecule has 1 heterocycles. The summed E-state index contributed by atoms with van der Waals surface area (Å²) < 4.78 is 0. The van der Waals surface area contributed by atoms with Gasteiger partial charge in [0.25, 0.3) is 0 Å². The first-order valence-electron chi connectivity index (χ1n) is 5.79. The largest absolute Gasteiger partial charge is 0.381 e. The van der Waals surface area contributed by atoms with Gasteiger partial charge in [0.2, 0.25) is 0 Å². The molecule has 1 saturated heterocycles. The Morgan fingerprint density at radius 1 is 1.38 bits per heavy atom. The molecular formula is C13H20N2S. The highest BCUT2D eigenvalue weighted by Gasteiger charge is 2.16. The molecule has 88 valence electrons. The van der Waals surface area contributed by atoms with Crippen LogP contribution in [0, 0.1) is 6.92 Å². The van der Waals surface area contributed by atoms with E-state index in [4.69, 9.17) is 0 Å². The molecule has 0 saturated carbocycles. The van der Waals surface area contributed by atoms with Crippen molar-refractivity contribution >= 4 is 23.1 Å². The number of thioether (sulfide) groups is 1. The molecule has 1 aromatic carbocycles. The number of hydrogen-bond donors (Lipinski definition) is 1. The van der Waals surface area contributed by atoms with Crippen molar-refractivity contribution in [2.75, 3.05) is 35.8 Å². The molecule has 1 fully saturated rings. The van der Waals surface area contributed by atoms with Gasteiger partial charge in [0, 0.05) is 37.3 Å². The number of nitrogens with one attached hydrogen (secondary N) is 1. The van der Waals surface area contributed by atoms with Gasteiger partial charge in [-0.05, 0) is 36.8 Å². The zero-order chi connectivity index (χ0) is 11.5. The molecule has 0 spiro atoms. The van der Waals surface area contributed by atoms with Crippen molar-refractivity contribution in [2.24, 2.45) is 0 Å². The Balaban J connectivity index is 2.17. The molecule has 1 aliphatic rings. The predicted octanol–water partition coefficient (Wildman–Crippen LogP) is 2.98. The standard InChI is InChI=1S/C13H20N2S/c1-10-12(14-11-7-8-16-9-11)5-4-6-13(10)15(2)3/h4-6,11,14H,7-9H2,1-3H3/t11-/m1/s1. The highest BCUT2D eigenvalue weighted by Crippen LogP contribution is 2.28. The Morgan fingerprint density at radius 3 is 2.81 bits per heavy atom. The van der Waals surface area contributed by atoms with Crippen molar-refractivity contribution in [2.45, 2.75) is 19.4 Å². The summed E-state index contributed by atoms with van der Waals surface area (Å²) in [5.74, 6) is 2.54. The van der Waals surface area contributed by atoms with Gasteiger partial charge in [0.15, 0.2) is 0 Å². The van der Waals surface area contributed by atoms with E-state index in [-0.39, 0.29) is 0 Å². The predicted molar refractivity (Wildman–Crippen MR) is 74.9 cm³/mol. The molecule has 0 bridgehead atoms. The topological polar surface area (TPSA) is 15.3 Å². The summed E-state index contributed by atoms with van der Waals surface area (Å²) in [5.41, 5.74) is 3.94. The Morgan fingerprint density at radius 2 is 2.19 bits per heavy atom. The van der Waals surface area contributed by atoms with Crippen LogP contribution in [0.3, 0.4) is 0 Å². The lowest BCUT2D eigenvalue weighted by Crippen LogP contribution is -2.19. The quantitative estimate of drug-likeness (QED) is 0.868. The molecule has 16 heavy (non-hydrogen) atoms. The monoisotopic (exact) mass is 236 g/mol. The van der Waals surface area contributed by atoms with Gasteiger partial charge in [0.1, 0.15) is 0 Å². The van der Waals surface area contributed by atoms with E-state index in [0.717, 1.165) is 0 Å². The van der Waals surface area contributed by atoms with Gasteiger partial charge < -0.3 is 10.2 Å². The van der Waals surface area contributed by atoms with Crippen molar-refractivity contribution in [3.8, 4) is 0 Å². The van der Waals surface area contributed by atoms with Crippen molar-refractivity contribution in [3.05, 3.63) is 23.8 Å². The molecule has 0 radical (unpaired) electrons. The highest BCUT2D eigenvalue weighted by molar-refractivity contribution is 7.99. The van der Waals surface area contributed by atoms with Crippen LogP contribution in [0.4, 0.5) is 11.4 Å². The maximum Gasteiger partial charge on any atom is 0.0411 e. The molecule has 2 rings (SSSR count). The van der Waals surface area contributed by atoms with Gasteiger partial charge in [-0.15, -0.1) is 0 Å². The molecule has 0 aromatic heterocycles. The maximum atomic E-state index is 3.66. The number of benzene rings is 1. The zero-order valence-electron chi connectivity index (χ0n) is 10.3. The van der Waals surface area contributed by atoms with E-state index >= 15 is 0 Å². The van der Waals surface area contributed by atoms with E-state index in [9.17, 15) is 0 Å². The van der Waals surface area contributed by atoms with E-state index in [0.29, 0.717) is 6.04 Å². The molecule has 0 unspecified atom stereocenters. The highest BCUT2D eigenvalue weighted by atomic mass is 32.2. The van der Waals surface area contributed by atoms with E-state index in [1.54, 1.807) is 0 Å². The molecule has 1 atom stereocenters. The fourth-order valence-electron chi connectivity index (χ4n) is 2.13. The van der Waals surface area contributed by atoms with Gasteiger partial charge in [-0.1, -0.05) is 6.07 Å². The molecule has 1 N–H and O–H groups in total. The van der Waals surface area contributed by atoms with Gasteiger partial charge in [-0.25, -0.2) is 0 Å². The molecule has 1 aromatic rings. The van der Waals surface area contributed by atoms with Crippen LogP contribution in [-0.4, -0.2) is 31.6 Å². The molecule has 0 amide bonds. The van der Waals surface area contributed by atoms with Gasteiger partial charge in [0.05, 0.1) is 0 Å². The van der Waals surface area contributed by atoms with Gasteiger partial charge >= 0.3 is 0 Å².